The zero-order valence-corrected chi connectivity index (χ0v) is 16.3. The van der Waals surface area contributed by atoms with E-state index < -0.39 is 31.1 Å². The maximum absolute atomic E-state index is 13.0. The third-order valence-electron chi connectivity index (χ3n) is 5.38. The van der Waals surface area contributed by atoms with Crippen molar-refractivity contribution in [2.75, 3.05) is 30.9 Å². The summed E-state index contributed by atoms with van der Waals surface area (Å²) in [4.78, 5) is 25.4. The molecule has 9 heteroatoms. The Morgan fingerprint density at radius 2 is 1.81 bits per heavy atom. The Morgan fingerprint density at radius 3 is 2.38 bits per heavy atom. The first-order valence-electron chi connectivity index (χ1n) is 8.62. The quantitative estimate of drug-likeness (QED) is 0.573. The summed E-state index contributed by atoms with van der Waals surface area (Å²) in [6.07, 6.45) is 3.56. The zero-order valence-electron chi connectivity index (χ0n) is 14.6. The normalized spacial score (nSPS) is 32.0. The first-order valence-corrected chi connectivity index (χ1v) is 12.5. The number of sulfone groups is 1. The van der Waals surface area contributed by atoms with Crippen molar-refractivity contribution in [3.63, 3.8) is 0 Å². The molecule has 0 bridgehead atoms. The van der Waals surface area contributed by atoms with Gasteiger partial charge in [-0.25, -0.2) is 12.8 Å². The van der Waals surface area contributed by atoms with Gasteiger partial charge in [-0.3, -0.25) is 4.79 Å². The summed E-state index contributed by atoms with van der Waals surface area (Å²) in [5.74, 6) is 0.679. The minimum absolute atomic E-state index is 0.0193. The monoisotopic (exact) mass is 402 g/mol. The van der Waals surface area contributed by atoms with E-state index in [1.54, 1.807) is 4.90 Å². The molecule has 2 heterocycles. The molecule has 2 aliphatic heterocycles. The number of hydrogen-bond acceptors (Lipinski definition) is 5. The molecule has 144 valence electrons. The van der Waals surface area contributed by atoms with Crippen molar-refractivity contribution in [3.05, 3.63) is 35.0 Å². The second kappa shape index (κ2) is 7.26. The third kappa shape index (κ3) is 3.78. The molecular formula is C17H23FN2O4S2. The SMILES string of the molecule is CS1(N=O)CCC(C(=O)N2CCC(S(=O)(=O)c3ccc(F)cc3)C2)CC1. The van der Waals surface area contributed by atoms with Gasteiger partial charge in [-0.05, 0) is 65.9 Å². The molecule has 6 nitrogen and oxygen atoms in total. The number of likely N-dealkylation sites (tertiary alicyclic amines) is 1. The lowest BCUT2D eigenvalue weighted by molar-refractivity contribution is -0.134. The topological polar surface area (TPSA) is 83.9 Å². The summed E-state index contributed by atoms with van der Waals surface area (Å²) in [5.41, 5.74) is 0. The molecule has 1 aromatic rings. The maximum atomic E-state index is 13.0. The molecule has 26 heavy (non-hydrogen) atoms. The molecule has 3 rings (SSSR count). The van der Waals surface area contributed by atoms with Crippen LogP contribution in [-0.2, 0) is 14.6 Å². The second-order valence-electron chi connectivity index (χ2n) is 7.17. The van der Waals surface area contributed by atoms with E-state index in [4.69, 9.17) is 0 Å². The molecule has 1 unspecified atom stereocenters. The van der Waals surface area contributed by atoms with Crippen molar-refractivity contribution in [2.45, 2.75) is 29.4 Å². The smallest absolute Gasteiger partial charge is 0.225 e. The Balaban J connectivity index is 1.64. The van der Waals surface area contributed by atoms with Gasteiger partial charge in [-0.2, -0.15) is 0 Å². The highest BCUT2D eigenvalue weighted by Crippen LogP contribution is 2.51. The molecule has 0 saturated carbocycles. The predicted octanol–water partition coefficient (Wildman–Crippen LogP) is 2.73. The fourth-order valence-electron chi connectivity index (χ4n) is 3.62. The van der Waals surface area contributed by atoms with Gasteiger partial charge < -0.3 is 4.90 Å². The van der Waals surface area contributed by atoms with Crippen LogP contribution in [0.25, 0.3) is 0 Å². The van der Waals surface area contributed by atoms with Crippen molar-refractivity contribution in [3.8, 4) is 0 Å². The van der Waals surface area contributed by atoms with E-state index in [2.05, 4.69) is 4.58 Å². The Labute approximate surface area is 154 Å². The van der Waals surface area contributed by atoms with Crippen LogP contribution in [0.2, 0.25) is 0 Å². The van der Waals surface area contributed by atoms with Crippen molar-refractivity contribution >= 4 is 26.0 Å². The molecule has 0 aliphatic carbocycles. The van der Waals surface area contributed by atoms with Gasteiger partial charge in [0.25, 0.3) is 0 Å². The number of hydrogen-bond donors (Lipinski definition) is 0. The first-order chi connectivity index (χ1) is 12.2. The lowest BCUT2D eigenvalue weighted by atomic mass is 10.0. The summed E-state index contributed by atoms with van der Waals surface area (Å²) in [5, 5.41) is -0.659. The summed E-state index contributed by atoms with van der Waals surface area (Å²) in [7, 11) is -5.06. The highest BCUT2D eigenvalue weighted by Gasteiger charge is 2.39. The van der Waals surface area contributed by atoms with Crippen LogP contribution in [-0.4, -0.2) is 55.3 Å². The highest BCUT2D eigenvalue weighted by atomic mass is 32.3. The molecule has 1 amide bonds. The van der Waals surface area contributed by atoms with Crippen LogP contribution in [0.3, 0.4) is 0 Å². The summed E-state index contributed by atoms with van der Waals surface area (Å²) < 4.78 is 41.7. The number of amides is 1. The number of carbonyl (C=O) groups is 1. The largest absolute Gasteiger partial charge is 0.341 e. The number of nitrogens with zero attached hydrogens (tertiary/aromatic N) is 2. The standard InChI is InChI=1S/C17H23FN2O4S2/c1-25(19-22)10-7-13(8-11-25)17(21)20-9-6-16(12-20)26(23,24)15-4-2-14(18)3-5-15/h2-5,13,16H,6-12H2,1H3. The second-order valence-corrected chi connectivity index (χ2v) is 12.8. The van der Waals surface area contributed by atoms with Crippen LogP contribution in [0, 0.1) is 16.6 Å². The number of carbonyl (C=O) groups excluding carboxylic acids is 1. The number of benzene rings is 1. The Kier molecular flexibility index (Phi) is 5.39. The van der Waals surface area contributed by atoms with Crippen molar-refractivity contribution in [2.24, 2.45) is 10.5 Å². The van der Waals surface area contributed by atoms with E-state index in [-0.39, 0.29) is 23.3 Å². The average Bonchev–Trinajstić information content (AvgIpc) is 3.13. The van der Waals surface area contributed by atoms with Gasteiger partial charge in [0, 0.05) is 19.0 Å². The fourth-order valence-corrected chi connectivity index (χ4v) is 7.25. The summed E-state index contributed by atoms with van der Waals surface area (Å²) >= 11 is 0. The zero-order chi connectivity index (χ0) is 18.9. The van der Waals surface area contributed by atoms with Crippen LogP contribution >= 0.6 is 10.2 Å². The van der Waals surface area contributed by atoms with E-state index in [1.807, 2.05) is 6.26 Å². The number of rotatable bonds is 4. The molecule has 2 fully saturated rings. The van der Waals surface area contributed by atoms with Crippen LogP contribution in [0.5, 0.6) is 0 Å². The van der Waals surface area contributed by atoms with Crippen LogP contribution in [0.1, 0.15) is 19.3 Å². The van der Waals surface area contributed by atoms with Gasteiger partial charge >= 0.3 is 0 Å². The summed E-state index contributed by atoms with van der Waals surface area (Å²) in [6.45, 7) is 0.585. The molecule has 0 N–H and O–H groups in total. The molecule has 1 aromatic carbocycles. The van der Waals surface area contributed by atoms with E-state index >= 15 is 0 Å². The van der Waals surface area contributed by atoms with Crippen LogP contribution in [0.15, 0.2) is 33.7 Å². The van der Waals surface area contributed by atoms with Gasteiger partial charge in [0.2, 0.25) is 5.91 Å². The molecule has 1 atom stereocenters. The lowest BCUT2D eigenvalue weighted by Crippen LogP contribution is -2.38. The van der Waals surface area contributed by atoms with Gasteiger partial charge in [0.15, 0.2) is 9.84 Å². The summed E-state index contributed by atoms with van der Waals surface area (Å²) in [6, 6.07) is 4.80. The average molecular weight is 403 g/mol. The fraction of sp³-hybridized carbons (Fsp3) is 0.588. The van der Waals surface area contributed by atoms with Crippen LogP contribution in [0.4, 0.5) is 4.39 Å². The Bertz CT molecular complexity index is 789. The van der Waals surface area contributed by atoms with Gasteiger partial charge in [-0.1, -0.05) is 0 Å². The van der Waals surface area contributed by atoms with Gasteiger partial charge in [-0.15, -0.1) is 15.1 Å². The molecule has 0 spiro atoms. The molecule has 2 saturated heterocycles. The number of halogens is 1. The van der Waals surface area contributed by atoms with E-state index in [0.29, 0.717) is 37.3 Å². The predicted molar refractivity (Wildman–Crippen MR) is 100 cm³/mol. The lowest BCUT2D eigenvalue weighted by Gasteiger charge is -2.36. The third-order valence-corrected chi connectivity index (χ3v) is 10.2. The Hall–Kier alpha value is -1.48. The maximum Gasteiger partial charge on any atom is 0.225 e. The van der Waals surface area contributed by atoms with E-state index in [0.717, 1.165) is 12.1 Å². The van der Waals surface area contributed by atoms with E-state index in [9.17, 15) is 22.5 Å². The van der Waals surface area contributed by atoms with Crippen LogP contribution < -0.4 is 0 Å². The molecule has 0 aromatic heterocycles. The van der Waals surface area contributed by atoms with Gasteiger partial charge in [0.05, 0.1) is 10.1 Å². The molecule has 0 radical (unpaired) electrons. The Morgan fingerprint density at radius 1 is 1.19 bits per heavy atom. The van der Waals surface area contributed by atoms with Crippen molar-refractivity contribution in [1.82, 2.24) is 4.90 Å². The van der Waals surface area contributed by atoms with E-state index in [1.165, 1.54) is 12.1 Å². The minimum Gasteiger partial charge on any atom is -0.341 e. The van der Waals surface area contributed by atoms with Crippen molar-refractivity contribution < 1.29 is 17.6 Å². The molecular weight excluding hydrogens is 379 g/mol. The number of nitroso groups, excluding NO2 is 1. The van der Waals surface area contributed by atoms with Gasteiger partial charge in [0.1, 0.15) is 5.82 Å². The molecule has 2 aliphatic rings. The van der Waals surface area contributed by atoms with Crippen molar-refractivity contribution in [1.29, 1.82) is 0 Å². The minimum atomic E-state index is -3.59. The first kappa shape index (κ1) is 19.3. The highest BCUT2D eigenvalue weighted by molar-refractivity contribution is 8.32.